The summed E-state index contributed by atoms with van der Waals surface area (Å²) in [6.45, 7) is 7.17. The number of carbonyl (C=O) groups excluding carboxylic acids is 1. The summed E-state index contributed by atoms with van der Waals surface area (Å²) in [5, 5.41) is 7.10. The molecule has 0 aliphatic heterocycles. The average Bonchev–Trinajstić information content (AvgIpc) is 3.19. The van der Waals surface area contributed by atoms with E-state index < -0.39 is 0 Å². The van der Waals surface area contributed by atoms with Crippen molar-refractivity contribution in [3.63, 3.8) is 0 Å². The second-order valence-electron chi connectivity index (χ2n) is 6.75. The zero-order valence-corrected chi connectivity index (χ0v) is 14.1. The fraction of sp³-hybridized carbons (Fsp3) is 0.263. The topological polar surface area (TPSA) is 60.1 Å². The van der Waals surface area contributed by atoms with Crippen LogP contribution in [0.5, 0.6) is 0 Å². The molecule has 3 rings (SSSR count). The Morgan fingerprint density at radius 1 is 1.17 bits per heavy atom. The van der Waals surface area contributed by atoms with Crippen molar-refractivity contribution in [2.24, 2.45) is 0 Å². The van der Waals surface area contributed by atoms with Gasteiger partial charge in [0.2, 0.25) is 0 Å². The van der Waals surface area contributed by atoms with E-state index in [2.05, 4.69) is 55.5 Å². The highest BCUT2D eigenvalue weighted by molar-refractivity contribution is 6.01. The summed E-state index contributed by atoms with van der Waals surface area (Å²) in [5.74, 6) is 0.624. The minimum absolute atomic E-state index is 0.131. The van der Waals surface area contributed by atoms with Crippen LogP contribution in [0.3, 0.4) is 0 Å². The van der Waals surface area contributed by atoms with Gasteiger partial charge in [-0.25, -0.2) is 4.68 Å². The lowest BCUT2D eigenvalue weighted by Gasteiger charge is -2.19. The van der Waals surface area contributed by atoms with Crippen LogP contribution < -0.4 is 5.32 Å². The summed E-state index contributed by atoms with van der Waals surface area (Å²) in [6, 6.07) is 13.6. The summed E-state index contributed by atoms with van der Waals surface area (Å²) >= 11 is 0. The first-order valence-corrected chi connectivity index (χ1v) is 7.89. The smallest absolute Gasteiger partial charge is 0.292 e. The molecule has 24 heavy (non-hydrogen) atoms. The van der Waals surface area contributed by atoms with Crippen LogP contribution in [0.15, 0.2) is 59.3 Å². The molecule has 0 spiro atoms. The SMILES string of the molecule is CC(C)(C)c1ccc(Cn2nccc2NC(=O)c2ccco2)cc1. The number of amides is 1. The molecule has 1 N–H and O–H groups in total. The lowest BCUT2D eigenvalue weighted by atomic mass is 9.87. The van der Waals surface area contributed by atoms with Gasteiger partial charge in [-0.3, -0.25) is 4.79 Å². The fourth-order valence-corrected chi connectivity index (χ4v) is 2.43. The number of hydrogen-bond acceptors (Lipinski definition) is 3. The van der Waals surface area contributed by atoms with Crippen LogP contribution in [-0.2, 0) is 12.0 Å². The van der Waals surface area contributed by atoms with E-state index >= 15 is 0 Å². The van der Waals surface area contributed by atoms with E-state index in [0.717, 1.165) is 5.56 Å². The Balaban J connectivity index is 1.73. The quantitative estimate of drug-likeness (QED) is 0.787. The highest BCUT2D eigenvalue weighted by Crippen LogP contribution is 2.22. The van der Waals surface area contributed by atoms with Gasteiger partial charge >= 0.3 is 0 Å². The number of rotatable bonds is 4. The third-order valence-corrected chi connectivity index (χ3v) is 3.86. The van der Waals surface area contributed by atoms with Crippen LogP contribution in [0.4, 0.5) is 5.82 Å². The third kappa shape index (κ3) is 3.56. The number of nitrogens with zero attached hydrogens (tertiary/aromatic N) is 2. The summed E-state index contributed by atoms with van der Waals surface area (Å²) in [7, 11) is 0. The van der Waals surface area contributed by atoms with Crippen molar-refractivity contribution in [2.75, 3.05) is 5.32 Å². The monoisotopic (exact) mass is 323 g/mol. The molecule has 2 heterocycles. The molecule has 1 aromatic carbocycles. The molecule has 2 aromatic heterocycles. The standard InChI is InChI=1S/C19H21N3O2/c1-19(2,3)15-8-6-14(7-9-15)13-22-17(10-11-20-22)21-18(23)16-5-4-12-24-16/h4-12H,13H2,1-3H3,(H,21,23). The predicted molar refractivity (Wildman–Crippen MR) is 93.1 cm³/mol. The largest absolute Gasteiger partial charge is 0.459 e. The predicted octanol–water partition coefficient (Wildman–Crippen LogP) is 4.07. The second kappa shape index (κ2) is 6.35. The first-order chi connectivity index (χ1) is 11.4. The number of furan rings is 1. The highest BCUT2D eigenvalue weighted by atomic mass is 16.3. The van der Waals surface area contributed by atoms with E-state index in [-0.39, 0.29) is 17.1 Å². The number of carbonyl (C=O) groups is 1. The Morgan fingerprint density at radius 3 is 2.54 bits per heavy atom. The van der Waals surface area contributed by atoms with Crippen molar-refractivity contribution >= 4 is 11.7 Å². The van der Waals surface area contributed by atoms with Crippen LogP contribution >= 0.6 is 0 Å². The van der Waals surface area contributed by atoms with Gasteiger partial charge in [-0.1, -0.05) is 45.0 Å². The van der Waals surface area contributed by atoms with Crippen molar-refractivity contribution in [2.45, 2.75) is 32.7 Å². The molecule has 3 aromatic rings. The first-order valence-electron chi connectivity index (χ1n) is 7.89. The maximum atomic E-state index is 12.1. The Labute approximate surface area is 141 Å². The first kappa shape index (κ1) is 16.1. The molecule has 0 saturated carbocycles. The summed E-state index contributed by atoms with van der Waals surface area (Å²) in [5.41, 5.74) is 2.55. The summed E-state index contributed by atoms with van der Waals surface area (Å²) in [6.07, 6.45) is 3.14. The molecule has 0 saturated heterocycles. The lowest BCUT2D eigenvalue weighted by Crippen LogP contribution is -2.16. The molecule has 5 nitrogen and oxygen atoms in total. The van der Waals surface area contributed by atoms with E-state index in [4.69, 9.17) is 4.42 Å². The number of benzene rings is 1. The van der Waals surface area contributed by atoms with Crippen molar-refractivity contribution in [3.8, 4) is 0 Å². The molecule has 0 atom stereocenters. The maximum absolute atomic E-state index is 12.1. The van der Waals surface area contributed by atoms with E-state index in [0.29, 0.717) is 12.4 Å². The molecule has 0 aliphatic carbocycles. The molecule has 0 radical (unpaired) electrons. The van der Waals surface area contributed by atoms with Crippen molar-refractivity contribution in [1.82, 2.24) is 9.78 Å². The molecular formula is C19H21N3O2. The fourth-order valence-electron chi connectivity index (χ4n) is 2.43. The van der Waals surface area contributed by atoms with Crippen molar-refractivity contribution in [3.05, 3.63) is 71.8 Å². The lowest BCUT2D eigenvalue weighted by molar-refractivity contribution is 0.0995. The molecule has 5 heteroatoms. The van der Waals surface area contributed by atoms with Crippen LogP contribution in [0.2, 0.25) is 0 Å². The molecule has 1 amide bonds. The van der Waals surface area contributed by atoms with Crippen LogP contribution in [0.25, 0.3) is 0 Å². The van der Waals surface area contributed by atoms with Gasteiger partial charge in [0, 0.05) is 6.07 Å². The molecule has 0 fully saturated rings. The highest BCUT2D eigenvalue weighted by Gasteiger charge is 2.14. The third-order valence-electron chi connectivity index (χ3n) is 3.86. The molecule has 0 aliphatic rings. The number of hydrogen-bond donors (Lipinski definition) is 1. The minimum Gasteiger partial charge on any atom is -0.459 e. The van der Waals surface area contributed by atoms with Gasteiger partial charge in [-0.15, -0.1) is 0 Å². The molecule has 0 bridgehead atoms. The van der Waals surface area contributed by atoms with Gasteiger partial charge in [0.15, 0.2) is 5.76 Å². The number of aromatic nitrogens is 2. The van der Waals surface area contributed by atoms with E-state index in [1.165, 1.54) is 11.8 Å². The minimum atomic E-state index is -0.287. The molecular weight excluding hydrogens is 302 g/mol. The molecule has 0 unspecified atom stereocenters. The van der Waals surface area contributed by atoms with Crippen LogP contribution in [-0.4, -0.2) is 15.7 Å². The average molecular weight is 323 g/mol. The van der Waals surface area contributed by atoms with Gasteiger partial charge in [0.25, 0.3) is 5.91 Å². The Hall–Kier alpha value is -2.82. The Morgan fingerprint density at radius 2 is 1.92 bits per heavy atom. The zero-order chi connectivity index (χ0) is 17.2. The number of nitrogens with one attached hydrogen (secondary N) is 1. The van der Waals surface area contributed by atoms with Crippen molar-refractivity contribution in [1.29, 1.82) is 0 Å². The second-order valence-corrected chi connectivity index (χ2v) is 6.75. The van der Waals surface area contributed by atoms with Crippen LogP contribution in [0.1, 0.15) is 42.5 Å². The summed E-state index contributed by atoms with van der Waals surface area (Å²) < 4.78 is 6.86. The van der Waals surface area contributed by atoms with Gasteiger partial charge in [-0.05, 0) is 28.7 Å². The van der Waals surface area contributed by atoms with Gasteiger partial charge in [0.05, 0.1) is 19.0 Å². The van der Waals surface area contributed by atoms with Gasteiger partial charge in [-0.2, -0.15) is 5.10 Å². The Kier molecular flexibility index (Phi) is 4.25. The van der Waals surface area contributed by atoms with E-state index in [1.807, 2.05) is 0 Å². The van der Waals surface area contributed by atoms with E-state index in [9.17, 15) is 4.79 Å². The van der Waals surface area contributed by atoms with Crippen LogP contribution in [0, 0.1) is 0 Å². The Bertz CT molecular complexity index is 809. The van der Waals surface area contributed by atoms with Gasteiger partial charge < -0.3 is 9.73 Å². The molecule has 124 valence electrons. The number of anilines is 1. The van der Waals surface area contributed by atoms with Gasteiger partial charge in [0.1, 0.15) is 5.82 Å². The summed E-state index contributed by atoms with van der Waals surface area (Å²) in [4.78, 5) is 12.1. The normalized spacial score (nSPS) is 11.5. The van der Waals surface area contributed by atoms with E-state index in [1.54, 1.807) is 29.1 Å². The van der Waals surface area contributed by atoms with Crippen molar-refractivity contribution < 1.29 is 9.21 Å². The zero-order valence-electron chi connectivity index (χ0n) is 14.1. The maximum Gasteiger partial charge on any atom is 0.292 e.